The molecule has 1 aromatic rings. The van der Waals surface area contributed by atoms with Crippen molar-refractivity contribution in [2.24, 2.45) is 5.92 Å². The minimum atomic E-state index is 0.708. The van der Waals surface area contributed by atoms with Crippen molar-refractivity contribution in [2.75, 3.05) is 19.7 Å². The number of piperidine rings is 1. The average molecular weight is 299 g/mol. The molecule has 0 amide bonds. The first-order chi connectivity index (χ1) is 8.25. The summed E-state index contributed by atoms with van der Waals surface area (Å²) in [5.41, 5.74) is 1.14. The van der Waals surface area contributed by atoms with E-state index in [2.05, 4.69) is 26.2 Å². The van der Waals surface area contributed by atoms with E-state index in [4.69, 9.17) is 4.74 Å². The van der Waals surface area contributed by atoms with Crippen LogP contribution in [0.3, 0.4) is 0 Å². The summed E-state index contributed by atoms with van der Waals surface area (Å²) in [7, 11) is 0. The molecule has 1 aromatic heterocycles. The van der Waals surface area contributed by atoms with Gasteiger partial charge in [0.15, 0.2) is 0 Å². The quantitative estimate of drug-likeness (QED) is 0.928. The predicted octanol–water partition coefficient (Wildman–Crippen LogP) is 2.92. The van der Waals surface area contributed by atoms with Gasteiger partial charge in [-0.05, 0) is 72.8 Å². The fourth-order valence-electron chi connectivity index (χ4n) is 2.12. The summed E-state index contributed by atoms with van der Waals surface area (Å²) in [6.07, 6.45) is 5.55. The zero-order valence-corrected chi connectivity index (χ0v) is 11.8. The highest BCUT2D eigenvalue weighted by Crippen LogP contribution is 2.23. The Hall–Kier alpha value is -0.610. The average Bonchev–Trinajstić information content (AvgIpc) is 2.33. The van der Waals surface area contributed by atoms with E-state index in [1.165, 1.54) is 19.4 Å². The second-order valence-corrected chi connectivity index (χ2v) is 5.50. The van der Waals surface area contributed by atoms with Crippen LogP contribution in [0.25, 0.3) is 0 Å². The van der Waals surface area contributed by atoms with Crippen LogP contribution < -0.4 is 10.1 Å². The first-order valence-electron chi connectivity index (χ1n) is 6.21. The largest absolute Gasteiger partial charge is 0.477 e. The lowest BCUT2D eigenvalue weighted by Gasteiger charge is -2.22. The number of rotatable bonds is 4. The Labute approximate surface area is 111 Å². The van der Waals surface area contributed by atoms with Gasteiger partial charge in [-0.2, -0.15) is 0 Å². The minimum absolute atomic E-state index is 0.708. The smallest absolute Gasteiger partial charge is 0.227 e. The molecular weight excluding hydrogens is 280 g/mol. The van der Waals surface area contributed by atoms with Gasteiger partial charge in [0.2, 0.25) is 5.88 Å². The summed E-state index contributed by atoms with van der Waals surface area (Å²) in [5, 5.41) is 3.42. The van der Waals surface area contributed by atoms with Crippen molar-refractivity contribution in [3.05, 3.63) is 22.3 Å². The van der Waals surface area contributed by atoms with Crippen LogP contribution >= 0.6 is 15.9 Å². The fraction of sp³-hybridized carbons (Fsp3) is 0.615. The number of nitrogens with one attached hydrogen (secondary N) is 1. The third-order valence-corrected chi connectivity index (χ3v) is 3.68. The second-order valence-electron chi connectivity index (χ2n) is 4.65. The van der Waals surface area contributed by atoms with E-state index in [1.807, 2.05) is 19.2 Å². The lowest BCUT2D eigenvalue weighted by Crippen LogP contribution is -2.30. The van der Waals surface area contributed by atoms with Crippen LogP contribution in [0.15, 0.2) is 16.7 Å². The molecule has 2 rings (SSSR count). The monoisotopic (exact) mass is 298 g/mol. The number of aryl methyl sites for hydroxylation is 1. The molecule has 0 spiro atoms. The highest BCUT2D eigenvalue weighted by molar-refractivity contribution is 9.10. The SMILES string of the molecule is Cc1cnc(OCCC2CCCNC2)c(Br)c1. The van der Waals surface area contributed by atoms with Gasteiger partial charge in [-0.15, -0.1) is 0 Å². The molecule has 3 nitrogen and oxygen atoms in total. The highest BCUT2D eigenvalue weighted by Gasteiger charge is 2.13. The second kappa shape index (κ2) is 6.36. The Morgan fingerprint density at radius 3 is 3.18 bits per heavy atom. The lowest BCUT2D eigenvalue weighted by molar-refractivity contribution is 0.246. The number of hydrogen-bond acceptors (Lipinski definition) is 3. The number of pyridine rings is 1. The summed E-state index contributed by atoms with van der Waals surface area (Å²) >= 11 is 3.47. The molecule has 2 heterocycles. The van der Waals surface area contributed by atoms with Gasteiger partial charge in [0.1, 0.15) is 0 Å². The molecule has 1 aliphatic heterocycles. The molecule has 0 saturated carbocycles. The normalized spacial score (nSPS) is 20.2. The van der Waals surface area contributed by atoms with Gasteiger partial charge in [-0.1, -0.05) is 0 Å². The van der Waals surface area contributed by atoms with Crippen molar-refractivity contribution in [1.82, 2.24) is 10.3 Å². The van der Waals surface area contributed by atoms with Crippen LogP contribution in [0.4, 0.5) is 0 Å². The van der Waals surface area contributed by atoms with E-state index in [0.717, 1.165) is 35.5 Å². The van der Waals surface area contributed by atoms with E-state index in [-0.39, 0.29) is 0 Å². The van der Waals surface area contributed by atoms with Crippen LogP contribution in [0.5, 0.6) is 5.88 Å². The molecule has 17 heavy (non-hydrogen) atoms. The molecule has 1 aliphatic rings. The van der Waals surface area contributed by atoms with Crippen molar-refractivity contribution < 1.29 is 4.74 Å². The summed E-state index contributed by atoms with van der Waals surface area (Å²) in [6, 6.07) is 2.03. The van der Waals surface area contributed by atoms with Crippen LogP contribution in [-0.2, 0) is 0 Å². The third-order valence-electron chi connectivity index (χ3n) is 3.11. The minimum Gasteiger partial charge on any atom is -0.477 e. The number of hydrogen-bond donors (Lipinski definition) is 1. The van der Waals surface area contributed by atoms with Gasteiger partial charge >= 0.3 is 0 Å². The lowest BCUT2D eigenvalue weighted by atomic mass is 9.97. The molecule has 0 aromatic carbocycles. The number of ether oxygens (including phenoxy) is 1. The van der Waals surface area contributed by atoms with Gasteiger partial charge in [-0.25, -0.2) is 4.98 Å². The van der Waals surface area contributed by atoms with Crippen molar-refractivity contribution >= 4 is 15.9 Å². The molecule has 94 valence electrons. The maximum atomic E-state index is 5.71. The van der Waals surface area contributed by atoms with Crippen LogP contribution in [0, 0.1) is 12.8 Å². The number of aromatic nitrogens is 1. The van der Waals surface area contributed by atoms with Crippen LogP contribution in [0.2, 0.25) is 0 Å². The molecule has 0 radical (unpaired) electrons. The van der Waals surface area contributed by atoms with Crippen LogP contribution in [-0.4, -0.2) is 24.7 Å². The van der Waals surface area contributed by atoms with Gasteiger partial charge < -0.3 is 10.1 Å². The van der Waals surface area contributed by atoms with Crippen molar-refractivity contribution in [3.63, 3.8) is 0 Å². The maximum absolute atomic E-state index is 5.71. The van der Waals surface area contributed by atoms with Gasteiger partial charge in [0.05, 0.1) is 11.1 Å². The van der Waals surface area contributed by atoms with E-state index in [9.17, 15) is 0 Å². The maximum Gasteiger partial charge on any atom is 0.227 e. The first kappa shape index (κ1) is 12.8. The van der Waals surface area contributed by atoms with Crippen molar-refractivity contribution in [1.29, 1.82) is 0 Å². The van der Waals surface area contributed by atoms with Gasteiger partial charge in [-0.3, -0.25) is 0 Å². The standard InChI is InChI=1S/C13H19BrN2O/c1-10-7-12(14)13(16-8-10)17-6-4-11-3-2-5-15-9-11/h7-8,11,15H,2-6,9H2,1H3. The summed E-state index contributed by atoms with van der Waals surface area (Å²) < 4.78 is 6.65. The first-order valence-corrected chi connectivity index (χ1v) is 7.00. The zero-order valence-electron chi connectivity index (χ0n) is 10.2. The Morgan fingerprint density at radius 2 is 2.47 bits per heavy atom. The van der Waals surface area contributed by atoms with Gasteiger partial charge in [0.25, 0.3) is 0 Å². The predicted molar refractivity (Wildman–Crippen MR) is 72.4 cm³/mol. The fourth-order valence-corrected chi connectivity index (χ4v) is 2.70. The van der Waals surface area contributed by atoms with E-state index in [0.29, 0.717) is 5.88 Å². The molecule has 1 fully saturated rings. The van der Waals surface area contributed by atoms with Crippen LogP contribution in [0.1, 0.15) is 24.8 Å². The van der Waals surface area contributed by atoms with E-state index >= 15 is 0 Å². The van der Waals surface area contributed by atoms with E-state index in [1.54, 1.807) is 0 Å². The molecule has 0 aliphatic carbocycles. The molecule has 1 unspecified atom stereocenters. The Morgan fingerprint density at radius 1 is 1.59 bits per heavy atom. The molecular formula is C13H19BrN2O. The number of halogens is 1. The Balaban J connectivity index is 1.77. The topological polar surface area (TPSA) is 34.1 Å². The molecule has 4 heteroatoms. The zero-order chi connectivity index (χ0) is 12.1. The third kappa shape index (κ3) is 3.96. The van der Waals surface area contributed by atoms with Crippen molar-refractivity contribution in [2.45, 2.75) is 26.2 Å². The summed E-state index contributed by atoms with van der Waals surface area (Å²) in [4.78, 5) is 4.28. The molecule has 1 atom stereocenters. The summed E-state index contributed by atoms with van der Waals surface area (Å²) in [5.74, 6) is 1.47. The van der Waals surface area contributed by atoms with Gasteiger partial charge in [0, 0.05) is 6.20 Å². The van der Waals surface area contributed by atoms with Crippen molar-refractivity contribution in [3.8, 4) is 5.88 Å². The Kier molecular flexibility index (Phi) is 4.80. The Bertz CT molecular complexity index is 364. The number of nitrogens with zero attached hydrogens (tertiary/aromatic N) is 1. The molecule has 1 saturated heterocycles. The highest BCUT2D eigenvalue weighted by atomic mass is 79.9. The molecule has 0 bridgehead atoms. The molecule has 1 N–H and O–H groups in total. The summed E-state index contributed by atoms with van der Waals surface area (Å²) in [6.45, 7) is 5.07. The van der Waals surface area contributed by atoms with E-state index < -0.39 is 0 Å².